The van der Waals surface area contributed by atoms with Gasteiger partial charge in [-0.1, -0.05) is 5.21 Å². The Balaban J connectivity index is 0.000000626. The maximum atomic E-state index is 11.3. The molecule has 18 heteroatoms. The molecular weight excluding hydrogens is 817 g/mol. The molecule has 0 fully saturated rings. The molecule has 0 atom stereocenters. The van der Waals surface area contributed by atoms with Gasteiger partial charge in [-0.3, -0.25) is 14.6 Å². The first kappa shape index (κ1) is 37.8. The Morgan fingerprint density at radius 3 is 2.25 bits per heavy atom. The zero-order valence-electron chi connectivity index (χ0n) is 25.5. The van der Waals surface area contributed by atoms with Crippen molar-refractivity contribution in [3.63, 3.8) is 0 Å². The van der Waals surface area contributed by atoms with Gasteiger partial charge in [0.2, 0.25) is 5.91 Å². The normalized spacial score (nSPS) is 9.80. The van der Waals surface area contributed by atoms with Crippen molar-refractivity contribution in [3.8, 4) is 0 Å². The summed E-state index contributed by atoms with van der Waals surface area (Å²) in [5.74, 6) is -0.982. The van der Waals surface area contributed by atoms with Gasteiger partial charge in [-0.25, -0.2) is 17.7 Å². The van der Waals surface area contributed by atoms with Crippen LogP contribution in [0.1, 0.15) is 34.2 Å². The molecule has 0 aliphatic heterocycles. The minimum Gasteiger partial charge on any atom is -0.469 e. The van der Waals surface area contributed by atoms with Crippen LogP contribution >= 0.6 is 0 Å². The summed E-state index contributed by atoms with van der Waals surface area (Å²) in [5, 5.41) is 10.0. The number of esters is 2. The number of pyridine rings is 2. The molecule has 3 aromatic heterocycles. The summed E-state index contributed by atoms with van der Waals surface area (Å²) in [6, 6.07) is 12.8. The quantitative estimate of drug-likeness (QED) is 0.0987. The molecular formula is C26H29BN8O7SU. The third-order valence-corrected chi connectivity index (χ3v) is 6.25. The summed E-state index contributed by atoms with van der Waals surface area (Å²) in [6.07, 6.45) is 3.69. The Kier molecular flexibility index (Phi) is 16.4. The maximum absolute atomic E-state index is 11.3. The van der Waals surface area contributed by atoms with Crippen LogP contribution in [0.25, 0.3) is 16.0 Å². The van der Waals surface area contributed by atoms with Crippen molar-refractivity contribution in [2.45, 2.75) is 32.1 Å². The molecule has 0 aliphatic carbocycles. The van der Waals surface area contributed by atoms with E-state index in [9.17, 15) is 22.8 Å². The van der Waals surface area contributed by atoms with Gasteiger partial charge in [0.25, 0.3) is 10.0 Å². The van der Waals surface area contributed by atoms with Crippen molar-refractivity contribution in [1.82, 2.24) is 19.8 Å². The molecule has 0 bridgehead atoms. The number of amides is 1. The summed E-state index contributed by atoms with van der Waals surface area (Å²) in [4.78, 5) is 38.9. The van der Waals surface area contributed by atoms with E-state index in [1.807, 2.05) is 38.1 Å². The fourth-order valence-electron chi connectivity index (χ4n) is 3.16. The van der Waals surface area contributed by atoms with E-state index in [4.69, 9.17) is 6.87 Å². The Morgan fingerprint density at radius 1 is 1.07 bits per heavy atom. The number of anilines is 1. The Hall–Kier alpha value is -4.22. The van der Waals surface area contributed by atoms with Crippen molar-refractivity contribution in [2.24, 2.45) is 4.52 Å². The van der Waals surface area contributed by atoms with Gasteiger partial charge in [0.1, 0.15) is 5.52 Å². The molecule has 15 nitrogen and oxygen atoms in total. The number of aryl methyl sites for hydroxylation is 2. The molecule has 0 spiro atoms. The van der Waals surface area contributed by atoms with Crippen molar-refractivity contribution >= 4 is 47.4 Å². The van der Waals surface area contributed by atoms with E-state index in [0.717, 1.165) is 16.8 Å². The molecule has 44 heavy (non-hydrogen) atoms. The number of aromatic nitrogens is 4. The SMILES string of the molecule is CC(=O)Nc1ccc(S(=O)(=O)N=[N+]=[N-])cc1.COC(=O)Cc1cc(C)ccn1.COC(=O)c1nnn2ccc(C)cc12.[2H][B].[U]. The second-order valence-corrected chi connectivity index (χ2v) is 9.98. The summed E-state index contributed by atoms with van der Waals surface area (Å²) in [7, 11) is 2.49. The van der Waals surface area contributed by atoms with Gasteiger partial charge < -0.3 is 14.8 Å². The predicted octanol–water partition coefficient (Wildman–Crippen LogP) is 2.93. The number of nitrogens with zero attached hydrogens (tertiary/aromatic N) is 7. The van der Waals surface area contributed by atoms with E-state index in [0.29, 0.717) is 11.2 Å². The largest absolute Gasteiger partial charge is 0.469 e. The zero-order chi connectivity index (χ0) is 33.3. The number of hydrogen-bond donors (Lipinski definition) is 1. The second kappa shape index (κ2) is 19.1. The Morgan fingerprint density at radius 2 is 1.70 bits per heavy atom. The second-order valence-electron chi connectivity index (χ2n) is 8.39. The minimum atomic E-state index is -3.96. The molecule has 228 valence electrons. The van der Waals surface area contributed by atoms with Crippen LogP contribution in [0.15, 0.2) is 70.3 Å². The molecule has 0 aliphatic rings. The first-order chi connectivity index (χ1) is 20.9. The van der Waals surface area contributed by atoms with Crippen LogP contribution in [0, 0.1) is 45.0 Å². The van der Waals surface area contributed by atoms with Crippen molar-refractivity contribution in [3.05, 3.63) is 93.9 Å². The standard InChI is InChI=1S/C9H9N3O2.C9H11NO2.C8H8N4O3S.BH.U/c1-6-3-4-12-7(5-6)8(10-11-12)9(13)14-2;1-7-3-4-10-8(5-7)6-9(11)12-2;1-6(13)10-7-2-4-8(5-3-7)16(14,15)12-11-9;;/h3-5H,1-2H3;3-5H,6H2,1-2H3;2-5H,1H3,(H,10,13);1H;/i;;;1D;. The van der Waals surface area contributed by atoms with Crippen LogP contribution < -0.4 is 5.32 Å². The molecule has 1 aromatic carbocycles. The van der Waals surface area contributed by atoms with Crippen LogP contribution in [0.3, 0.4) is 0 Å². The molecule has 0 saturated carbocycles. The summed E-state index contributed by atoms with van der Waals surface area (Å²) < 4.78 is 41.1. The number of rotatable bonds is 6. The fraction of sp³-hybridized carbons (Fsp3) is 0.231. The summed E-state index contributed by atoms with van der Waals surface area (Å²) in [6.45, 7) is 5.24. The van der Waals surface area contributed by atoms with Gasteiger partial charge in [0.15, 0.2) is 5.69 Å². The number of ether oxygens (including phenoxy) is 2. The van der Waals surface area contributed by atoms with Crippen LogP contribution in [-0.4, -0.2) is 70.0 Å². The van der Waals surface area contributed by atoms with E-state index in [2.05, 4.69) is 47.9 Å². The van der Waals surface area contributed by atoms with Gasteiger partial charge in [-0.05, 0) is 80.4 Å². The van der Waals surface area contributed by atoms with Gasteiger partial charge in [0, 0.05) is 73.9 Å². The maximum Gasteiger partial charge on any atom is 0.360 e. The van der Waals surface area contributed by atoms with E-state index in [1.165, 1.54) is 45.4 Å². The minimum absolute atomic E-state index is 0. The van der Waals surface area contributed by atoms with Crippen LogP contribution in [0.2, 0.25) is 0 Å². The van der Waals surface area contributed by atoms with Crippen molar-refractivity contribution < 1.29 is 63.4 Å². The van der Waals surface area contributed by atoms with E-state index in [1.54, 1.807) is 16.9 Å². The van der Waals surface area contributed by atoms with Crippen LogP contribution in [0.4, 0.5) is 5.69 Å². The molecule has 4 aromatic rings. The van der Waals surface area contributed by atoms with Crippen LogP contribution in [-0.2, 0) is 35.5 Å². The van der Waals surface area contributed by atoms with Crippen molar-refractivity contribution in [1.29, 1.82) is 1.34 Å². The number of benzene rings is 1. The number of fused-ring (bicyclic) bond motifs is 1. The molecule has 0 saturated heterocycles. The third kappa shape index (κ3) is 12.6. The number of sulfonamides is 1. The topological polar surface area (TPSA) is 208 Å². The van der Waals surface area contributed by atoms with Crippen molar-refractivity contribution in [2.75, 3.05) is 19.5 Å². The molecule has 3 heterocycles. The summed E-state index contributed by atoms with van der Waals surface area (Å²) in [5.41, 5.74) is 12.3. The molecule has 4 rings (SSSR count). The molecule has 1 N–H and O–H groups in total. The first-order valence-electron chi connectivity index (χ1n) is 12.5. The third-order valence-electron chi connectivity index (χ3n) is 5.09. The smallest absolute Gasteiger partial charge is 0.360 e. The molecule has 2 radical (unpaired) electrons. The van der Waals surface area contributed by atoms with E-state index in [-0.39, 0.29) is 60.0 Å². The average Bonchev–Trinajstić information content (AvgIpc) is 3.41. The summed E-state index contributed by atoms with van der Waals surface area (Å²) >= 11 is 0. The molecule has 1 amide bonds. The Bertz CT molecular complexity index is 1730. The number of carbonyl (C=O) groups is 3. The fourth-order valence-corrected chi connectivity index (χ4v) is 3.83. The monoisotopic (exact) mass is 847 g/mol. The average molecular weight is 847 g/mol. The zero-order valence-corrected chi connectivity index (χ0v) is 29.4. The van der Waals surface area contributed by atoms with Gasteiger partial charge >= 0.3 is 11.9 Å². The molecule has 0 unspecified atom stereocenters. The number of azide groups is 1. The number of hydrogen-bond acceptors (Lipinski definition) is 10. The van der Waals surface area contributed by atoms with Gasteiger partial charge in [-0.2, -0.15) is 0 Å². The van der Waals surface area contributed by atoms with E-state index >= 15 is 0 Å². The van der Waals surface area contributed by atoms with Gasteiger partial charge in [-0.15, -0.1) is 5.10 Å². The van der Waals surface area contributed by atoms with Gasteiger partial charge in [0.05, 0.1) is 31.2 Å². The number of carbonyl (C=O) groups excluding carboxylic acids is 3. The van der Waals surface area contributed by atoms with E-state index < -0.39 is 16.0 Å². The first-order valence-corrected chi connectivity index (χ1v) is 13.4. The number of methoxy groups -OCH3 is 2. The number of nitrogens with one attached hydrogen (secondary N) is 1. The van der Waals surface area contributed by atoms with Crippen LogP contribution in [0.5, 0.6) is 0 Å². The Labute approximate surface area is 280 Å². The predicted molar refractivity (Wildman–Crippen MR) is 158 cm³/mol.